The van der Waals surface area contributed by atoms with Crippen LogP contribution in [0.2, 0.25) is 0 Å². The van der Waals surface area contributed by atoms with Gasteiger partial charge in [0, 0.05) is 58.6 Å². The molecule has 4 aromatic rings. The van der Waals surface area contributed by atoms with Crippen LogP contribution in [0.3, 0.4) is 0 Å². The third-order valence-electron chi connectivity index (χ3n) is 8.47. The number of nitrogens with zero attached hydrogens (tertiary/aromatic N) is 2. The molecule has 3 aromatic carbocycles. The zero-order valence-corrected chi connectivity index (χ0v) is 20.2. The predicted molar refractivity (Wildman–Crippen MR) is 143 cm³/mol. The number of amides is 1. The number of carbonyl (C=O) groups excluding carboxylic acids is 1. The molecule has 4 heteroatoms. The average molecular weight is 462 g/mol. The summed E-state index contributed by atoms with van der Waals surface area (Å²) >= 11 is 0. The molecule has 4 nitrogen and oxygen atoms in total. The molecule has 0 saturated carbocycles. The van der Waals surface area contributed by atoms with Gasteiger partial charge in [0.15, 0.2) is 0 Å². The molecular weight excluding hydrogens is 430 g/mol. The predicted octanol–water partition coefficient (Wildman–Crippen LogP) is 6.88. The second kappa shape index (κ2) is 8.01. The average Bonchev–Trinajstić information content (AvgIpc) is 3.66. The van der Waals surface area contributed by atoms with Crippen LogP contribution in [0.25, 0.3) is 21.8 Å². The molecule has 1 saturated heterocycles. The number of benzene rings is 3. The Morgan fingerprint density at radius 1 is 0.971 bits per heavy atom. The van der Waals surface area contributed by atoms with Gasteiger partial charge in [-0.3, -0.25) is 4.79 Å². The summed E-state index contributed by atoms with van der Waals surface area (Å²) in [5.74, 6) is 0.982. The highest BCUT2D eigenvalue weighted by atomic mass is 16.2. The molecule has 2 aliphatic heterocycles. The Bertz CT molecular complexity index is 1490. The lowest BCUT2D eigenvalue weighted by molar-refractivity contribution is 0.0792. The van der Waals surface area contributed by atoms with E-state index in [1.165, 1.54) is 32.9 Å². The number of aryl methyl sites for hydroxylation is 1. The van der Waals surface area contributed by atoms with Crippen LogP contribution in [0.5, 0.6) is 0 Å². The van der Waals surface area contributed by atoms with E-state index in [2.05, 4.69) is 83.6 Å². The number of fused-ring (bicyclic) bond motifs is 6. The number of para-hydroxylation sites is 1. The minimum absolute atomic E-state index is 0.184. The number of nitrogens with one attached hydrogen (secondary N) is 1. The molecule has 35 heavy (non-hydrogen) atoms. The highest BCUT2D eigenvalue weighted by molar-refractivity contribution is 6.08. The quantitative estimate of drug-likeness (QED) is 0.338. The molecule has 1 aromatic heterocycles. The largest absolute Gasteiger partial charge is 0.378 e. The first-order valence-electron chi connectivity index (χ1n) is 13.1. The number of aromatic nitrogens is 1. The summed E-state index contributed by atoms with van der Waals surface area (Å²) in [6.07, 6.45) is 7.99. The highest BCUT2D eigenvalue weighted by Crippen LogP contribution is 2.50. The first-order valence-corrected chi connectivity index (χ1v) is 13.1. The molecule has 176 valence electrons. The van der Waals surface area contributed by atoms with Gasteiger partial charge in [0.1, 0.15) is 0 Å². The number of hydrogen-bond acceptors (Lipinski definition) is 2. The van der Waals surface area contributed by atoms with Crippen LogP contribution in [0, 0.1) is 5.92 Å². The van der Waals surface area contributed by atoms with E-state index in [0.29, 0.717) is 11.8 Å². The van der Waals surface area contributed by atoms with Gasteiger partial charge >= 0.3 is 0 Å². The van der Waals surface area contributed by atoms with Gasteiger partial charge in [-0.1, -0.05) is 36.4 Å². The van der Waals surface area contributed by atoms with Crippen LogP contribution in [-0.2, 0) is 6.54 Å². The van der Waals surface area contributed by atoms with E-state index in [9.17, 15) is 4.79 Å². The van der Waals surface area contributed by atoms with Crippen molar-refractivity contribution >= 4 is 33.4 Å². The van der Waals surface area contributed by atoms with Crippen molar-refractivity contribution in [2.45, 2.75) is 44.7 Å². The molecule has 1 aliphatic carbocycles. The van der Waals surface area contributed by atoms with Gasteiger partial charge in [-0.05, 0) is 79.6 Å². The van der Waals surface area contributed by atoms with Crippen molar-refractivity contribution in [3.63, 3.8) is 0 Å². The molecule has 1 fully saturated rings. The van der Waals surface area contributed by atoms with E-state index in [4.69, 9.17) is 0 Å². The van der Waals surface area contributed by atoms with Crippen molar-refractivity contribution in [3.8, 4) is 0 Å². The highest BCUT2D eigenvalue weighted by Gasteiger charge is 2.38. The molecule has 3 atom stereocenters. The van der Waals surface area contributed by atoms with Gasteiger partial charge in [-0.2, -0.15) is 0 Å². The number of carbonyl (C=O) groups is 1. The summed E-state index contributed by atoms with van der Waals surface area (Å²) < 4.78 is 2.41. The van der Waals surface area contributed by atoms with Crippen LogP contribution in [0.4, 0.5) is 5.69 Å². The van der Waals surface area contributed by atoms with Crippen molar-refractivity contribution in [3.05, 3.63) is 89.5 Å². The van der Waals surface area contributed by atoms with E-state index in [0.717, 1.165) is 50.1 Å². The maximum absolute atomic E-state index is 13.1. The van der Waals surface area contributed by atoms with Gasteiger partial charge in [-0.25, -0.2) is 0 Å². The Hall–Kier alpha value is -3.53. The third kappa shape index (κ3) is 3.16. The van der Waals surface area contributed by atoms with Gasteiger partial charge in [-0.15, -0.1) is 0 Å². The van der Waals surface area contributed by atoms with Crippen LogP contribution in [-0.4, -0.2) is 28.5 Å². The number of hydrogen-bond donors (Lipinski definition) is 1. The maximum atomic E-state index is 13.1. The van der Waals surface area contributed by atoms with Gasteiger partial charge in [0.25, 0.3) is 5.91 Å². The van der Waals surface area contributed by atoms with E-state index in [-0.39, 0.29) is 11.9 Å². The molecule has 0 spiro atoms. The van der Waals surface area contributed by atoms with E-state index >= 15 is 0 Å². The second-order valence-corrected chi connectivity index (χ2v) is 10.3. The molecule has 0 radical (unpaired) electrons. The molecule has 0 bridgehead atoms. The molecular formula is C31H31N3O. The summed E-state index contributed by atoms with van der Waals surface area (Å²) in [6.45, 7) is 4.96. The normalized spacial score (nSPS) is 23.0. The van der Waals surface area contributed by atoms with E-state index < -0.39 is 0 Å². The fourth-order valence-corrected chi connectivity index (χ4v) is 6.77. The Labute approximate surface area is 206 Å². The minimum atomic E-state index is 0.184. The van der Waals surface area contributed by atoms with Crippen LogP contribution < -0.4 is 5.32 Å². The van der Waals surface area contributed by atoms with Gasteiger partial charge < -0.3 is 14.8 Å². The van der Waals surface area contributed by atoms with Crippen molar-refractivity contribution < 1.29 is 4.79 Å². The number of rotatable bonds is 3. The maximum Gasteiger partial charge on any atom is 0.253 e. The third-order valence-corrected chi connectivity index (χ3v) is 8.47. The summed E-state index contributed by atoms with van der Waals surface area (Å²) in [5.41, 5.74) is 7.22. The molecule has 1 N–H and O–H groups in total. The standard InChI is InChI=1S/C31H31N3O/c1-2-34-28-11-4-3-8-23(28)26-18-20(13-15-29(26)34)30-24-10-7-9-22(24)25-19-21(12-14-27(25)32-30)31(35)33-16-5-6-17-33/h3-4,7-9,11-15,18-19,22,24,30,32H,2,5-6,10,16-17H2,1H3. The molecule has 1 amide bonds. The smallest absolute Gasteiger partial charge is 0.253 e. The van der Waals surface area contributed by atoms with Gasteiger partial charge in [0.2, 0.25) is 0 Å². The lowest BCUT2D eigenvalue weighted by Gasteiger charge is -2.38. The summed E-state index contributed by atoms with van der Waals surface area (Å²) in [4.78, 5) is 15.1. The monoisotopic (exact) mass is 461 g/mol. The lowest BCUT2D eigenvalue weighted by atomic mass is 9.76. The Morgan fingerprint density at radius 3 is 2.66 bits per heavy atom. The summed E-state index contributed by atoms with van der Waals surface area (Å²) in [7, 11) is 0. The number of likely N-dealkylation sites (tertiary alicyclic amines) is 1. The Balaban J connectivity index is 1.29. The van der Waals surface area contributed by atoms with Gasteiger partial charge in [0.05, 0.1) is 6.04 Å². The topological polar surface area (TPSA) is 37.3 Å². The second-order valence-electron chi connectivity index (χ2n) is 10.3. The van der Waals surface area contributed by atoms with Crippen LogP contribution in [0.1, 0.15) is 59.6 Å². The Kier molecular flexibility index (Phi) is 4.76. The first kappa shape index (κ1) is 20.8. The Morgan fingerprint density at radius 2 is 1.80 bits per heavy atom. The minimum Gasteiger partial charge on any atom is -0.378 e. The summed E-state index contributed by atoms with van der Waals surface area (Å²) in [5, 5.41) is 6.54. The zero-order valence-electron chi connectivity index (χ0n) is 20.2. The SMILES string of the molecule is CCn1c2ccccc2c2cc(C3Nc4ccc(C(=O)N5CCCC5)cc4C4C=CCC43)ccc21. The zero-order chi connectivity index (χ0) is 23.5. The summed E-state index contributed by atoms with van der Waals surface area (Å²) in [6, 6.07) is 22.3. The number of anilines is 1. The van der Waals surface area contributed by atoms with Crippen LogP contribution in [0.15, 0.2) is 72.8 Å². The molecule has 3 unspecified atom stereocenters. The van der Waals surface area contributed by atoms with Crippen LogP contribution >= 0.6 is 0 Å². The van der Waals surface area contributed by atoms with E-state index in [1.807, 2.05) is 11.0 Å². The van der Waals surface area contributed by atoms with Crippen molar-refractivity contribution in [2.75, 3.05) is 18.4 Å². The van der Waals surface area contributed by atoms with Crippen molar-refractivity contribution in [1.29, 1.82) is 0 Å². The molecule has 3 heterocycles. The molecule has 7 rings (SSSR count). The fourth-order valence-electron chi connectivity index (χ4n) is 6.77. The lowest BCUT2D eigenvalue weighted by Crippen LogP contribution is -2.30. The first-order chi connectivity index (χ1) is 17.2. The number of allylic oxidation sites excluding steroid dienone is 2. The van der Waals surface area contributed by atoms with Crippen molar-refractivity contribution in [2.24, 2.45) is 5.92 Å². The fraction of sp³-hybridized carbons (Fsp3) is 0.323. The molecule has 3 aliphatic rings. The van der Waals surface area contributed by atoms with E-state index in [1.54, 1.807) is 0 Å². The van der Waals surface area contributed by atoms with Crippen molar-refractivity contribution in [1.82, 2.24) is 9.47 Å².